The molecule has 0 aromatic carbocycles. The minimum absolute atomic E-state index is 0.173. The highest BCUT2D eigenvalue weighted by Gasteiger charge is 2.73. The molecular formula is C16H23F7OS. The molecule has 0 saturated heterocycles. The molecule has 0 fully saturated rings. The Kier molecular flexibility index (Phi) is 7.41. The highest BCUT2D eigenvalue weighted by molar-refractivity contribution is 8.04. The van der Waals surface area contributed by atoms with Gasteiger partial charge in [0.15, 0.2) is 0 Å². The second kappa shape index (κ2) is 7.72. The molecule has 0 radical (unpaired) electrons. The minimum Gasteiger partial charge on any atom is -0.263 e. The van der Waals surface area contributed by atoms with Crippen molar-refractivity contribution in [2.45, 2.75) is 52.1 Å². The Morgan fingerprint density at radius 2 is 1.48 bits per heavy atom. The van der Waals surface area contributed by atoms with Gasteiger partial charge in [-0.05, 0) is 46.1 Å². The number of allylic oxidation sites excluding steroid dienone is 3. The molecule has 0 heterocycles. The fourth-order valence-corrected chi connectivity index (χ4v) is 4.15. The van der Waals surface area contributed by atoms with Crippen LogP contribution in [0.2, 0.25) is 0 Å². The van der Waals surface area contributed by atoms with Gasteiger partial charge >= 0.3 is 18.0 Å². The van der Waals surface area contributed by atoms with Gasteiger partial charge in [-0.1, -0.05) is 27.4 Å². The van der Waals surface area contributed by atoms with Gasteiger partial charge < -0.3 is 0 Å². The van der Waals surface area contributed by atoms with Crippen LogP contribution in [0.3, 0.4) is 0 Å². The van der Waals surface area contributed by atoms with Crippen molar-refractivity contribution in [3.63, 3.8) is 0 Å². The van der Waals surface area contributed by atoms with E-state index >= 15 is 0 Å². The van der Waals surface area contributed by atoms with E-state index in [0.29, 0.717) is 12.5 Å². The summed E-state index contributed by atoms with van der Waals surface area (Å²) >= 11 is 0. The van der Waals surface area contributed by atoms with Gasteiger partial charge in [-0.3, -0.25) is 4.21 Å². The van der Waals surface area contributed by atoms with Crippen molar-refractivity contribution < 1.29 is 34.9 Å². The van der Waals surface area contributed by atoms with Crippen LogP contribution in [0, 0.1) is 11.8 Å². The van der Waals surface area contributed by atoms with Crippen LogP contribution >= 0.6 is 0 Å². The molecule has 1 nitrogen and oxygen atoms in total. The predicted molar refractivity (Wildman–Crippen MR) is 87.6 cm³/mol. The molecule has 0 bridgehead atoms. The second-order valence-corrected chi connectivity index (χ2v) is 8.87. The van der Waals surface area contributed by atoms with E-state index < -0.39 is 39.0 Å². The molecule has 2 atom stereocenters. The highest BCUT2D eigenvalue weighted by Crippen LogP contribution is 2.51. The number of halogens is 7. The van der Waals surface area contributed by atoms with Crippen LogP contribution in [0.15, 0.2) is 23.1 Å². The van der Waals surface area contributed by atoms with Crippen molar-refractivity contribution >= 4 is 14.9 Å². The van der Waals surface area contributed by atoms with Gasteiger partial charge in [-0.25, -0.2) is 4.39 Å². The summed E-state index contributed by atoms with van der Waals surface area (Å²) in [6.07, 6.45) is -10.6. The molecule has 2 unspecified atom stereocenters. The first kappa shape index (κ1) is 24.0. The SMILES string of the molecule is C=C(/C=C(\C(CC)C(C)C)S(C)(=O)=CC)C(F)(C(F)(F)F)C(F)(F)F. The number of rotatable bonds is 6. The average molecular weight is 396 g/mol. The van der Waals surface area contributed by atoms with Crippen LogP contribution in [-0.4, -0.2) is 33.9 Å². The van der Waals surface area contributed by atoms with Crippen molar-refractivity contribution in [3.8, 4) is 0 Å². The van der Waals surface area contributed by atoms with Crippen LogP contribution < -0.4 is 0 Å². The van der Waals surface area contributed by atoms with Crippen LogP contribution in [0.1, 0.15) is 34.1 Å². The summed E-state index contributed by atoms with van der Waals surface area (Å²) in [6.45, 7) is 9.10. The van der Waals surface area contributed by atoms with E-state index in [1.807, 2.05) is 0 Å². The lowest BCUT2D eigenvalue weighted by Crippen LogP contribution is -2.54. The van der Waals surface area contributed by atoms with Gasteiger partial charge in [0.2, 0.25) is 0 Å². The van der Waals surface area contributed by atoms with E-state index in [4.69, 9.17) is 0 Å². The number of hydrogen-bond donors (Lipinski definition) is 0. The first-order valence-electron chi connectivity index (χ1n) is 7.49. The summed E-state index contributed by atoms with van der Waals surface area (Å²) in [5.74, 6) is -0.813. The van der Waals surface area contributed by atoms with Crippen molar-refractivity contribution in [3.05, 3.63) is 23.1 Å². The molecule has 0 spiro atoms. The average Bonchev–Trinajstić information content (AvgIpc) is 2.42. The molecule has 0 aromatic rings. The molecule has 9 heteroatoms. The van der Waals surface area contributed by atoms with E-state index in [-0.39, 0.29) is 10.8 Å². The first-order chi connectivity index (χ1) is 11.0. The lowest BCUT2D eigenvalue weighted by atomic mass is 9.89. The summed E-state index contributed by atoms with van der Waals surface area (Å²) < 4.78 is 104. The lowest BCUT2D eigenvalue weighted by molar-refractivity contribution is -0.325. The number of hydrogen-bond acceptors (Lipinski definition) is 1. The van der Waals surface area contributed by atoms with Gasteiger partial charge in [-0.15, -0.1) is 0 Å². The summed E-state index contributed by atoms with van der Waals surface area (Å²) in [5, 5.41) is 1.19. The summed E-state index contributed by atoms with van der Waals surface area (Å²) in [5.41, 5.74) is -7.43. The fraction of sp³-hybridized carbons (Fsp3) is 0.688. The predicted octanol–water partition coefficient (Wildman–Crippen LogP) is 5.68. The molecule has 0 aliphatic carbocycles. The first-order valence-corrected chi connectivity index (χ1v) is 9.52. The molecule has 0 N–H and O–H groups in total. The zero-order chi connectivity index (χ0) is 20.4. The second-order valence-electron chi connectivity index (χ2n) is 6.12. The Hall–Kier alpha value is -0.990. The van der Waals surface area contributed by atoms with Crippen molar-refractivity contribution in [1.82, 2.24) is 0 Å². The monoisotopic (exact) mass is 396 g/mol. The molecule has 25 heavy (non-hydrogen) atoms. The lowest BCUT2D eigenvalue weighted by Gasteiger charge is -2.32. The van der Waals surface area contributed by atoms with E-state index in [1.165, 1.54) is 18.5 Å². The van der Waals surface area contributed by atoms with Crippen LogP contribution in [0.5, 0.6) is 0 Å². The van der Waals surface area contributed by atoms with Crippen molar-refractivity contribution in [2.24, 2.45) is 11.8 Å². The summed E-state index contributed by atoms with van der Waals surface area (Å²) in [4.78, 5) is -0.173. The topological polar surface area (TPSA) is 17.1 Å². The summed E-state index contributed by atoms with van der Waals surface area (Å²) in [7, 11) is -3.04. The normalized spacial score (nSPS) is 18.0. The molecule has 0 aromatic heterocycles. The standard InChI is InChI=1S/C16H23F7OS/c1-7-12(10(3)4)13(25(6,24)8-2)9-11(5)14(17,15(18,19)20)16(21,22)23/h8-10,12H,5,7H2,1-4,6H3/b13-9+. The maximum atomic E-state index is 14.1. The smallest absolute Gasteiger partial charge is 0.263 e. The molecule has 0 saturated carbocycles. The Labute approximate surface area is 144 Å². The number of alkyl halides is 7. The highest BCUT2D eigenvalue weighted by atomic mass is 32.2. The quantitative estimate of drug-likeness (QED) is 0.321. The van der Waals surface area contributed by atoms with Gasteiger partial charge in [0.25, 0.3) is 0 Å². The summed E-state index contributed by atoms with van der Waals surface area (Å²) in [6, 6.07) is 0. The maximum absolute atomic E-state index is 14.1. The van der Waals surface area contributed by atoms with Gasteiger partial charge in [0.1, 0.15) is 0 Å². The molecule has 148 valence electrons. The molecule has 0 rings (SSSR count). The van der Waals surface area contributed by atoms with Crippen LogP contribution in [0.4, 0.5) is 30.7 Å². The Bertz CT molecular complexity index is 618. The van der Waals surface area contributed by atoms with Crippen molar-refractivity contribution in [2.75, 3.05) is 6.26 Å². The van der Waals surface area contributed by atoms with Gasteiger partial charge in [-0.2, -0.15) is 26.3 Å². The Morgan fingerprint density at radius 1 is 1.08 bits per heavy atom. The largest absolute Gasteiger partial charge is 0.435 e. The zero-order valence-corrected chi connectivity index (χ0v) is 15.5. The molecule has 0 aliphatic heterocycles. The van der Waals surface area contributed by atoms with E-state index in [9.17, 15) is 34.9 Å². The Morgan fingerprint density at radius 3 is 1.72 bits per heavy atom. The van der Waals surface area contributed by atoms with Crippen LogP contribution in [0.25, 0.3) is 0 Å². The van der Waals surface area contributed by atoms with Crippen LogP contribution in [-0.2, 0) is 9.52 Å². The van der Waals surface area contributed by atoms with E-state index in [0.717, 1.165) is 0 Å². The molecule has 0 aliphatic rings. The van der Waals surface area contributed by atoms with Crippen molar-refractivity contribution in [1.29, 1.82) is 0 Å². The third kappa shape index (κ3) is 4.80. The van der Waals surface area contributed by atoms with E-state index in [2.05, 4.69) is 6.58 Å². The molecular weight excluding hydrogens is 373 g/mol. The van der Waals surface area contributed by atoms with Gasteiger partial charge in [0, 0.05) is 16.7 Å². The Balaban J connectivity index is 6.63. The zero-order valence-electron chi connectivity index (χ0n) is 14.7. The minimum atomic E-state index is -6.24. The third-order valence-corrected chi connectivity index (χ3v) is 6.32. The third-order valence-electron chi connectivity index (χ3n) is 4.07. The maximum Gasteiger partial charge on any atom is 0.435 e. The van der Waals surface area contributed by atoms with Gasteiger partial charge in [0.05, 0.1) is 0 Å². The van der Waals surface area contributed by atoms with E-state index in [1.54, 1.807) is 20.8 Å². The fourth-order valence-electron chi connectivity index (χ4n) is 2.46. The molecule has 0 amide bonds.